The fourth-order valence-electron chi connectivity index (χ4n) is 3.24. The highest BCUT2D eigenvalue weighted by atomic mass is 16.4. The van der Waals surface area contributed by atoms with Crippen molar-refractivity contribution in [2.75, 3.05) is 0 Å². The molecule has 0 aromatic heterocycles. The van der Waals surface area contributed by atoms with Gasteiger partial charge in [-0.25, -0.2) is 4.79 Å². The maximum absolute atomic E-state index is 13.1. The van der Waals surface area contributed by atoms with Gasteiger partial charge in [-0.2, -0.15) is 0 Å². The van der Waals surface area contributed by atoms with Crippen molar-refractivity contribution in [2.24, 2.45) is 11.5 Å². The van der Waals surface area contributed by atoms with Crippen LogP contribution in [0, 0.1) is 0 Å². The molecule has 4 amide bonds. The number of amides is 4. The van der Waals surface area contributed by atoms with E-state index in [1.54, 1.807) is 0 Å². The standard InChI is InChI=1S/C23H33N5O10/c1-11(29)19(23(37)38)28-22(36)16(10-12-2-4-13(30)5-3-12)27-21(35)15(7-8-17(25)31)26-20(34)14(24)6-9-18(32)33/h2-5,11,14-16,19,29-30H,6-10,24H2,1H3,(H2,25,31)(H,26,34)(H,27,35)(H,28,36)(H,32,33)(H,37,38). The van der Waals surface area contributed by atoms with Crippen molar-refractivity contribution in [3.05, 3.63) is 29.8 Å². The minimum atomic E-state index is -1.70. The van der Waals surface area contributed by atoms with E-state index in [4.69, 9.17) is 16.6 Å². The Morgan fingerprint density at radius 2 is 1.39 bits per heavy atom. The summed E-state index contributed by atoms with van der Waals surface area (Å²) in [5, 5.41) is 44.1. The maximum atomic E-state index is 13.1. The van der Waals surface area contributed by atoms with Crippen LogP contribution in [0.25, 0.3) is 0 Å². The number of carbonyl (C=O) groups excluding carboxylic acids is 4. The van der Waals surface area contributed by atoms with Crippen molar-refractivity contribution >= 4 is 35.6 Å². The Morgan fingerprint density at radius 3 is 1.89 bits per heavy atom. The predicted octanol–water partition coefficient (Wildman–Crippen LogP) is -2.69. The van der Waals surface area contributed by atoms with Crippen LogP contribution in [0.2, 0.25) is 0 Å². The molecule has 0 heterocycles. The number of benzene rings is 1. The molecule has 0 fully saturated rings. The third-order valence-corrected chi connectivity index (χ3v) is 5.37. The SMILES string of the molecule is CC(O)C(NC(=O)C(Cc1ccc(O)cc1)NC(=O)C(CCC(N)=O)NC(=O)C(N)CCC(=O)O)C(=O)O. The first-order valence-electron chi connectivity index (χ1n) is 11.6. The molecular weight excluding hydrogens is 506 g/mol. The van der Waals surface area contributed by atoms with Crippen LogP contribution in [0.15, 0.2) is 24.3 Å². The van der Waals surface area contributed by atoms with E-state index in [0.29, 0.717) is 5.56 Å². The number of phenolic OH excluding ortho intramolecular Hbond substituents is 1. The molecule has 0 aliphatic heterocycles. The summed E-state index contributed by atoms with van der Waals surface area (Å²) in [4.78, 5) is 71.9. The lowest BCUT2D eigenvalue weighted by Crippen LogP contribution is -2.58. The number of aliphatic hydroxyl groups excluding tert-OH is 1. The molecule has 38 heavy (non-hydrogen) atoms. The zero-order chi connectivity index (χ0) is 29.0. The number of hydrogen-bond donors (Lipinski definition) is 9. The van der Waals surface area contributed by atoms with Crippen LogP contribution < -0.4 is 27.4 Å². The summed E-state index contributed by atoms with van der Waals surface area (Å²) >= 11 is 0. The average Bonchev–Trinajstić information content (AvgIpc) is 2.83. The molecule has 15 nitrogen and oxygen atoms in total. The molecule has 5 unspecified atom stereocenters. The first kappa shape index (κ1) is 31.8. The number of carboxylic acid groups (broad SMARTS) is 2. The number of aromatic hydroxyl groups is 1. The monoisotopic (exact) mass is 539 g/mol. The largest absolute Gasteiger partial charge is 0.508 e. The van der Waals surface area contributed by atoms with Crippen LogP contribution in [-0.2, 0) is 35.2 Å². The number of phenols is 1. The van der Waals surface area contributed by atoms with Crippen LogP contribution in [0.5, 0.6) is 5.75 Å². The van der Waals surface area contributed by atoms with E-state index >= 15 is 0 Å². The first-order chi connectivity index (χ1) is 17.7. The number of rotatable bonds is 16. The molecule has 1 rings (SSSR count). The lowest BCUT2D eigenvalue weighted by atomic mass is 10.0. The fourth-order valence-corrected chi connectivity index (χ4v) is 3.24. The second-order valence-corrected chi connectivity index (χ2v) is 8.60. The summed E-state index contributed by atoms with van der Waals surface area (Å²) in [6, 6.07) is -0.230. The molecule has 0 aliphatic carbocycles. The van der Waals surface area contributed by atoms with Gasteiger partial charge < -0.3 is 47.8 Å². The Bertz CT molecular complexity index is 1010. The van der Waals surface area contributed by atoms with E-state index < -0.39 is 72.3 Å². The normalized spacial score (nSPS) is 14.7. The summed E-state index contributed by atoms with van der Waals surface area (Å²) < 4.78 is 0. The number of aliphatic carboxylic acids is 2. The highest BCUT2D eigenvalue weighted by Gasteiger charge is 2.32. The van der Waals surface area contributed by atoms with Crippen LogP contribution in [0.1, 0.15) is 38.2 Å². The third kappa shape index (κ3) is 11.2. The Hall–Kier alpha value is -4.24. The van der Waals surface area contributed by atoms with Crippen LogP contribution in [-0.4, -0.2) is 86.3 Å². The number of carbonyl (C=O) groups is 6. The topological polar surface area (TPSA) is 271 Å². The van der Waals surface area contributed by atoms with Gasteiger partial charge in [-0.05, 0) is 37.5 Å². The van der Waals surface area contributed by atoms with E-state index in [1.165, 1.54) is 24.3 Å². The van der Waals surface area contributed by atoms with Gasteiger partial charge in [0.25, 0.3) is 0 Å². The van der Waals surface area contributed by atoms with Crippen molar-refractivity contribution in [3.63, 3.8) is 0 Å². The second kappa shape index (κ2) is 15.1. The number of hydrogen-bond acceptors (Lipinski definition) is 9. The minimum Gasteiger partial charge on any atom is -0.508 e. The Morgan fingerprint density at radius 1 is 0.842 bits per heavy atom. The van der Waals surface area contributed by atoms with Gasteiger partial charge in [-0.15, -0.1) is 0 Å². The zero-order valence-electron chi connectivity index (χ0n) is 20.6. The molecule has 1 aromatic rings. The van der Waals surface area contributed by atoms with Crippen LogP contribution >= 0.6 is 0 Å². The highest BCUT2D eigenvalue weighted by Crippen LogP contribution is 2.12. The maximum Gasteiger partial charge on any atom is 0.328 e. The Balaban J connectivity index is 3.16. The van der Waals surface area contributed by atoms with Gasteiger partial charge in [-0.1, -0.05) is 12.1 Å². The first-order valence-corrected chi connectivity index (χ1v) is 11.6. The molecule has 11 N–H and O–H groups in total. The van der Waals surface area contributed by atoms with Crippen molar-refractivity contribution < 1.29 is 49.2 Å². The average molecular weight is 540 g/mol. The molecule has 0 aliphatic rings. The summed E-state index contributed by atoms with van der Waals surface area (Å²) in [5.41, 5.74) is 11.3. The fraction of sp³-hybridized carbons (Fsp3) is 0.478. The summed E-state index contributed by atoms with van der Waals surface area (Å²) in [6.07, 6.45) is -2.91. The Labute approximate surface area is 217 Å². The van der Waals surface area contributed by atoms with Gasteiger partial charge in [0.15, 0.2) is 6.04 Å². The summed E-state index contributed by atoms with van der Waals surface area (Å²) in [6.45, 7) is 1.15. The third-order valence-electron chi connectivity index (χ3n) is 5.37. The van der Waals surface area contributed by atoms with Crippen molar-refractivity contribution in [1.29, 1.82) is 0 Å². The van der Waals surface area contributed by atoms with Crippen molar-refractivity contribution in [1.82, 2.24) is 16.0 Å². The molecule has 0 spiro atoms. The molecule has 210 valence electrons. The van der Waals surface area contributed by atoms with E-state index in [2.05, 4.69) is 16.0 Å². The number of carboxylic acids is 2. The quantitative estimate of drug-likeness (QED) is 0.104. The zero-order valence-corrected chi connectivity index (χ0v) is 20.6. The van der Waals surface area contributed by atoms with Gasteiger partial charge in [0.05, 0.1) is 12.1 Å². The lowest BCUT2D eigenvalue weighted by molar-refractivity contribution is -0.145. The molecular formula is C23H33N5O10. The number of primary amides is 1. The van der Waals surface area contributed by atoms with Crippen molar-refractivity contribution in [3.8, 4) is 5.75 Å². The summed E-state index contributed by atoms with van der Waals surface area (Å²) in [5.74, 6) is -6.35. The van der Waals surface area contributed by atoms with Gasteiger partial charge >= 0.3 is 11.9 Å². The number of aliphatic hydroxyl groups is 1. The van der Waals surface area contributed by atoms with E-state index in [1.807, 2.05) is 0 Å². The number of nitrogens with two attached hydrogens (primary N) is 2. The van der Waals surface area contributed by atoms with Gasteiger partial charge in [0.1, 0.15) is 17.8 Å². The van der Waals surface area contributed by atoms with Crippen LogP contribution in [0.4, 0.5) is 0 Å². The molecule has 0 bridgehead atoms. The van der Waals surface area contributed by atoms with Crippen molar-refractivity contribution in [2.45, 2.75) is 69.3 Å². The number of nitrogens with one attached hydrogen (secondary N) is 3. The molecule has 5 atom stereocenters. The summed E-state index contributed by atoms with van der Waals surface area (Å²) in [7, 11) is 0. The Kier molecular flexibility index (Phi) is 12.6. The van der Waals surface area contributed by atoms with E-state index in [0.717, 1.165) is 6.92 Å². The lowest BCUT2D eigenvalue weighted by Gasteiger charge is -2.26. The smallest absolute Gasteiger partial charge is 0.328 e. The molecule has 1 aromatic carbocycles. The minimum absolute atomic E-state index is 0.0627. The molecule has 0 saturated heterocycles. The van der Waals surface area contributed by atoms with E-state index in [-0.39, 0.29) is 31.4 Å². The molecule has 0 radical (unpaired) electrons. The van der Waals surface area contributed by atoms with Gasteiger partial charge in [0.2, 0.25) is 23.6 Å². The predicted molar refractivity (Wildman–Crippen MR) is 130 cm³/mol. The van der Waals surface area contributed by atoms with Crippen LogP contribution in [0.3, 0.4) is 0 Å². The second-order valence-electron chi connectivity index (χ2n) is 8.60. The van der Waals surface area contributed by atoms with Gasteiger partial charge in [-0.3, -0.25) is 24.0 Å². The highest BCUT2D eigenvalue weighted by molar-refractivity contribution is 5.94. The van der Waals surface area contributed by atoms with E-state index in [9.17, 15) is 44.1 Å². The molecule has 0 saturated carbocycles. The van der Waals surface area contributed by atoms with Gasteiger partial charge in [0, 0.05) is 19.3 Å². The molecule has 15 heteroatoms.